The molecule has 0 saturated heterocycles. The minimum atomic E-state index is -4.95. The second-order valence-corrected chi connectivity index (χ2v) is 10.3. The third-order valence-electron chi connectivity index (χ3n) is 4.21. The van der Waals surface area contributed by atoms with Gasteiger partial charge in [0.05, 0.1) is 0 Å². The molecule has 7 nitrogen and oxygen atoms in total. The van der Waals surface area contributed by atoms with Crippen molar-refractivity contribution in [2.75, 3.05) is 0 Å². The number of rotatable bonds is 10. The molecular weight excluding hydrogens is 403 g/mol. The third kappa shape index (κ3) is 7.04. The lowest BCUT2D eigenvalue weighted by Gasteiger charge is -2.15. The van der Waals surface area contributed by atoms with Crippen LogP contribution in [-0.4, -0.2) is 27.7 Å². The molecule has 2 aromatic carbocycles. The molecule has 0 aliphatic heterocycles. The van der Waals surface area contributed by atoms with Gasteiger partial charge in [-0.2, -0.15) is 8.42 Å². The Balaban J connectivity index is 2.01. The van der Waals surface area contributed by atoms with Gasteiger partial charge in [-0.3, -0.25) is 9.12 Å². The summed E-state index contributed by atoms with van der Waals surface area (Å²) < 4.78 is 48.6. The van der Waals surface area contributed by atoms with Gasteiger partial charge in [-0.05, 0) is 61.1 Å². The smallest absolute Gasteiger partial charge is 0.346 e. The van der Waals surface area contributed by atoms with E-state index in [2.05, 4.69) is 6.92 Å². The topological polar surface area (TPSA) is 121 Å². The Morgan fingerprint density at radius 1 is 1.00 bits per heavy atom. The molecule has 0 spiro atoms. The van der Waals surface area contributed by atoms with Gasteiger partial charge in [0.15, 0.2) is 4.99 Å². The highest BCUT2D eigenvalue weighted by molar-refractivity contribution is 7.93. The first-order valence-corrected chi connectivity index (χ1v) is 12.2. The molecule has 1 unspecified atom stereocenters. The molecule has 3 N–H and O–H groups in total. The van der Waals surface area contributed by atoms with Crippen LogP contribution in [0, 0.1) is 0 Å². The van der Waals surface area contributed by atoms with Crippen LogP contribution >= 0.6 is 7.60 Å². The van der Waals surface area contributed by atoms with Crippen molar-refractivity contribution >= 4 is 17.7 Å². The molecule has 2 aromatic rings. The molecule has 0 aromatic heterocycles. The third-order valence-corrected chi connectivity index (χ3v) is 7.76. The highest BCUT2D eigenvalue weighted by atomic mass is 32.2. The zero-order valence-corrected chi connectivity index (χ0v) is 17.3. The molecule has 0 radical (unpaired) electrons. The summed E-state index contributed by atoms with van der Waals surface area (Å²) in [5.41, 5.74) is 2.02. The lowest BCUT2D eigenvalue weighted by Crippen LogP contribution is -2.20. The van der Waals surface area contributed by atoms with E-state index in [0.717, 1.165) is 24.2 Å². The summed E-state index contributed by atoms with van der Waals surface area (Å²) in [5.74, 6) is 1.34. The van der Waals surface area contributed by atoms with Crippen molar-refractivity contribution in [1.82, 2.24) is 0 Å². The molecule has 0 aliphatic carbocycles. The van der Waals surface area contributed by atoms with Crippen LogP contribution in [0.3, 0.4) is 0 Å². The van der Waals surface area contributed by atoms with Crippen LogP contribution < -0.4 is 4.74 Å². The van der Waals surface area contributed by atoms with Crippen molar-refractivity contribution in [3.63, 3.8) is 0 Å². The van der Waals surface area contributed by atoms with E-state index in [0.29, 0.717) is 12.2 Å². The quantitative estimate of drug-likeness (QED) is 0.384. The Hall–Kier alpha value is -1.70. The Kier molecular flexibility index (Phi) is 7.80. The molecule has 0 heterocycles. The standard InChI is InChI=1S/C19H25O7PS/c1-2-6-15-7-3-10-17(13-15)26-18-11-4-8-16(14-18)9-5-12-19(27(20,21)22)28(23,24)25/h3-4,7-8,10-11,13-14,19H,2,5-6,9,12H2,1H3,(H2,20,21,22)(H,23,24,25). The molecule has 0 amide bonds. The van der Waals surface area contributed by atoms with Crippen molar-refractivity contribution in [2.24, 2.45) is 0 Å². The van der Waals surface area contributed by atoms with Gasteiger partial charge in [0.25, 0.3) is 10.1 Å². The van der Waals surface area contributed by atoms with Crippen molar-refractivity contribution in [2.45, 2.75) is 44.0 Å². The van der Waals surface area contributed by atoms with Gasteiger partial charge < -0.3 is 14.5 Å². The predicted octanol–water partition coefficient (Wildman–Crippen LogP) is 4.15. The monoisotopic (exact) mass is 428 g/mol. The summed E-state index contributed by atoms with van der Waals surface area (Å²) in [6.45, 7) is 2.11. The van der Waals surface area contributed by atoms with Crippen LogP contribution in [0.25, 0.3) is 0 Å². The maximum atomic E-state index is 11.3. The molecule has 0 bridgehead atoms. The van der Waals surface area contributed by atoms with Gasteiger partial charge in [-0.1, -0.05) is 37.6 Å². The summed E-state index contributed by atoms with van der Waals surface area (Å²) in [6, 6.07) is 15.0. The molecular formula is C19H25O7PS. The van der Waals surface area contributed by atoms with Crippen LogP contribution in [0.2, 0.25) is 0 Å². The van der Waals surface area contributed by atoms with Crippen LogP contribution in [0.4, 0.5) is 0 Å². The highest BCUT2D eigenvalue weighted by Gasteiger charge is 2.38. The van der Waals surface area contributed by atoms with Crippen molar-refractivity contribution in [3.05, 3.63) is 59.7 Å². The molecule has 9 heteroatoms. The zero-order chi connectivity index (χ0) is 20.8. The van der Waals surface area contributed by atoms with Crippen molar-refractivity contribution in [1.29, 1.82) is 0 Å². The van der Waals surface area contributed by atoms with Gasteiger partial charge in [0.1, 0.15) is 11.5 Å². The van der Waals surface area contributed by atoms with Crippen LogP contribution in [0.15, 0.2) is 48.5 Å². The normalized spacial score (nSPS) is 13.3. The first-order chi connectivity index (χ1) is 13.1. The molecule has 0 aliphatic rings. The van der Waals surface area contributed by atoms with Crippen molar-refractivity contribution in [3.8, 4) is 11.5 Å². The summed E-state index contributed by atoms with van der Waals surface area (Å²) in [4.78, 5) is 16.2. The second kappa shape index (κ2) is 9.67. The fourth-order valence-electron chi connectivity index (χ4n) is 2.93. The number of ether oxygens (including phenoxy) is 1. The van der Waals surface area contributed by atoms with E-state index in [1.165, 1.54) is 5.56 Å². The molecule has 1 atom stereocenters. The summed E-state index contributed by atoms with van der Waals surface area (Å²) >= 11 is 0. The fourth-order valence-corrected chi connectivity index (χ4v) is 5.30. The van der Waals surface area contributed by atoms with E-state index in [1.54, 1.807) is 18.2 Å². The van der Waals surface area contributed by atoms with Gasteiger partial charge in [0, 0.05) is 0 Å². The zero-order valence-electron chi connectivity index (χ0n) is 15.6. The van der Waals surface area contributed by atoms with Crippen molar-refractivity contribution < 1.29 is 32.1 Å². The predicted molar refractivity (Wildman–Crippen MR) is 107 cm³/mol. The average molecular weight is 428 g/mol. The highest BCUT2D eigenvalue weighted by Crippen LogP contribution is 2.46. The molecule has 28 heavy (non-hydrogen) atoms. The maximum absolute atomic E-state index is 11.3. The number of hydrogen-bond acceptors (Lipinski definition) is 4. The second-order valence-electron chi connectivity index (χ2n) is 6.60. The summed E-state index contributed by atoms with van der Waals surface area (Å²) in [7, 11) is -9.77. The largest absolute Gasteiger partial charge is 0.457 e. The first kappa shape index (κ1) is 22.6. The van der Waals surface area contributed by atoms with Gasteiger partial charge in [-0.25, -0.2) is 0 Å². The number of benzene rings is 2. The van der Waals surface area contributed by atoms with E-state index in [9.17, 15) is 13.0 Å². The SMILES string of the molecule is CCCc1cccc(Oc2cccc(CCCC(P(=O)(O)O)S(=O)(=O)O)c2)c1. The summed E-state index contributed by atoms with van der Waals surface area (Å²) in [6.07, 6.45) is 2.24. The van der Waals surface area contributed by atoms with E-state index < -0.39 is 22.7 Å². The molecule has 2 rings (SSSR count). The van der Waals surface area contributed by atoms with E-state index in [1.807, 2.05) is 30.3 Å². The Labute approximate surface area is 165 Å². The Morgan fingerprint density at radius 3 is 2.00 bits per heavy atom. The fraction of sp³-hybridized carbons (Fsp3) is 0.368. The summed E-state index contributed by atoms with van der Waals surface area (Å²) in [5, 5.41) is 0. The molecule has 0 fully saturated rings. The van der Waals surface area contributed by atoms with E-state index >= 15 is 0 Å². The lowest BCUT2D eigenvalue weighted by molar-refractivity contribution is 0.360. The van der Waals surface area contributed by atoms with Gasteiger partial charge in [0.2, 0.25) is 0 Å². The van der Waals surface area contributed by atoms with E-state index in [4.69, 9.17) is 19.1 Å². The first-order valence-electron chi connectivity index (χ1n) is 8.97. The minimum absolute atomic E-state index is 0.186. The Morgan fingerprint density at radius 2 is 1.54 bits per heavy atom. The minimum Gasteiger partial charge on any atom is -0.457 e. The number of hydrogen-bond donors (Lipinski definition) is 3. The Bertz CT molecular complexity index is 937. The van der Waals surface area contributed by atoms with Gasteiger partial charge >= 0.3 is 7.60 Å². The van der Waals surface area contributed by atoms with Crippen LogP contribution in [0.1, 0.15) is 37.3 Å². The number of aryl methyl sites for hydroxylation is 2. The van der Waals surface area contributed by atoms with Crippen LogP contribution in [0.5, 0.6) is 11.5 Å². The maximum Gasteiger partial charge on any atom is 0.346 e. The van der Waals surface area contributed by atoms with Crippen LogP contribution in [-0.2, 0) is 27.5 Å². The average Bonchev–Trinajstić information content (AvgIpc) is 2.57. The lowest BCUT2D eigenvalue weighted by atomic mass is 10.1. The molecule has 0 saturated carbocycles. The van der Waals surface area contributed by atoms with Gasteiger partial charge in [-0.15, -0.1) is 0 Å². The van der Waals surface area contributed by atoms with E-state index in [-0.39, 0.29) is 12.8 Å². The molecule has 154 valence electrons.